The van der Waals surface area contributed by atoms with Crippen LogP contribution in [0.4, 0.5) is 0 Å². The summed E-state index contributed by atoms with van der Waals surface area (Å²) in [5, 5.41) is 0.727. The molecule has 0 fully saturated rings. The van der Waals surface area contributed by atoms with Crippen molar-refractivity contribution in [3.63, 3.8) is 0 Å². The third kappa shape index (κ3) is 3.56. The molecule has 2 rings (SSSR count). The lowest BCUT2D eigenvalue weighted by molar-refractivity contribution is -0.133. The largest absolute Gasteiger partial charge is 0.503 e. The zero-order chi connectivity index (χ0) is 16.3. The van der Waals surface area contributed by atoms with Crippen molar-refractivity contribution in [3.05, 3.63) is 41.0 Å². The van der Waals surface area contributed by atoms with Gasteiger partial charge in [0.25, 0.3) is 0 Å². The Morgan fingerprint density at radius 2 is 2.00 bits per heavy atom. The molecule has 1 aromatic carbocycles. The van der Waals surface area contributed by atoms with Crippen LogP contribution in [0.2, 0.25) is 0 Å². The molecule has 0 aliphatic carbocycles. The fourth-order valence-electron chi connectivity index (χ4n) is 2.13. The average molecular weight is 342 g/mol. The number of fused-ring (bicyclic) bond motifs is 1. The molecule has 0 amide bonds. The molecule has 6 nitrogen and oxygen atoms in total. The molecule has 0 aliphatic rings. The third-order valence-corrected chi connectivity index (χ3v) is 5.04. The van der Waals surface area contributed by atoms with Crippen molar-refractivity contribution in [1.82, 2.24) is 0 Å². The average Bonchev–Trinajstić information content (AvgIpc) is 2.79. The molecule has 22 heavy (non-hydrogen) atoms. The van der Waals surface area contributed by atoms with Gasteiger partial charge in [-0.05, 0) is 6.07 Å². The number of ether oxygens (including phenoxy) is 2. The predicted octanol–water partition coefficient (Wildman–Crippen LogP) is 2.74. The smallest absolute Gasteiger partial charge is 0.341 e. The highest BCUT2D eigenvalue weighted by Crippen LogP contribution is 2.46. The number of hydrogen-bond donors (Lipinski definition) is 2. The Balaban J connectivity index is 2.72. The van der Waals surface area contributed by atoms with Crippen LogP contribution < -0.4 is 0 Å². The van der Waals surface area contributed by atoms with Gasteiger partial charge >= 0.3 is 13.6 Å². The summed E-state index contributed by atoms with van der Waals surface area (Å²) in [6.07, 6.45) is 0.781. The van der Waals surface area contributed by atoms with E-state index >= 15 is 0 Å². The summed E-state index contributed by atoms with van der Waals surface area (Å²) in [6.45, 7) is 0. The first-order chi connectivity index (χ1) is 10.4. The molecule has 0 atom stereocenters. The van der Waals surface area contributed by atoms with Gasteiger partial charge < -0.3 is 19.3 Å². The van der Waals surface area contributed by atoms with E-state index in [0.717, 1.165) is 10.1 Å². The molecule has 8 heteroatoms. The van der Waals surface area contributed by atoms with E-state index in [1.54, 1.807) is 12.1 Å². The molecule has 0 unspecified atom stereocenters. The molecule has 0 spiro atoms. The Bertz CT molecular complexity index is 773. The van der Waals surface area contributed by atoms with Gasteiger partial charge in [-0.3, -0.25) is 4.57 Å². The minimum atomic E-state index is -4.28. The maximum absolute atomic E-state index is 12.0. The Kier molecular flexibility index (Phi) is 5.03. The summed E-state index contributed by atoms with van der Waals surface area (Å²) >= 11 is 1.24. The van der Waals surface area contributed by atoms with E-state index in [4.69, 9.17) is 9.47 Å². The number of hydrogen-bond acceptors (Lipinski definition) is 5. The molecule has 2 N–H and O–H groups in total. The second-order valence-corrected chi connectivity index (χ2v) is 7.26. The van der Waals surface area contributed by atoms with Crippen molar-refractivity contribution >= 4 is 40.6 Å². The van der Waals surface area contributed by atoms with Gasteiger partial charge in [0.1, 0.15) is 5.57 Å². The van der Waals surface area contributed by atoms with Crippen LogP contribution >= 0.6 is 18.9 Å². The predicted molar refractivity (Wildman–Crippen MR) is 84.6 cm³/mol. The molecular formula is C14H15O6PS. The first-order valence-electron chi connectivity index (χ1n) is 6.24. The van der Waals surface area contributed by atoms with Gasteiger partial charge in [0, 0.05) is 20.5 Å². The lowest BCUT2D eigenvalue weighted by Crippen LogP contribution is -2.06. The lowest BCUT2D eigenvalue weighted by Gasteiger charge is -2.09. The number of methoxy groups -OCH3 is 2. The fraction of sp³-hybridized carbons (Fsp3) is 0.214. The van der Waals surface area contributed by atoms with Crippen LogP contribution in [0.25, 0.3) is 15.7 Å². The summed E-state index contributed by atoms with van der Waals surface area (Å²) < 4.78 is 21.9. The van der Waals surface area contributed by atoms with Crippen LogP contribution in [0, 0.1) is 0 Å². The van der Waals surface area contributed by atoms with Gasteiger partial charge in [-0.25, -0.2) is 4.79 Å². The molecule has 2 aromatic rings. The molecule has 0 aliphatic heterocycles. The van der Waals surface area contributed by atoms with Crippen molar-refractivity contribution < 1.29 is 28.6 Å². The molecule has 0 bridgehead atoms. The van der Waals surface area contributed by atoms with E-state index in [0.29, 0.717) is 10.4 Å². The van der Waals surface area contributed by atoms with Crippen LogP contribution in [0.1, 0.15) is 10.4 Å². The Labute approximate surface area is 131 Å². The number of benzene rings is 1. The van der Waals surface area contributed by atoms with Crippen molar-refractivity contribution in [2.75, 3.05) is 14.2 Å². The number of carbonyl (C=O) groups is 1. The SMILES string of the molecule is COC=C(C(=O)OC)c1c(CP(=O)(O)O)sc2ccccc12. The highest BCUT2D eigenvalue weighted by Gasteiger charge is 2.26. The second-order valence-electron chi connectivity index (χ2n) is 4.48. The Morgan fingerprint density at radius 1 is 1.32 bits per heavy atom. The lowest BCUT2D eigenvalue weighted by atomic mass is 10.0. The van der Waals surface area contributed by atoms with Gasteiger partial charge in [0.2, 0.25) is 0 Å². The number of esters is 1. The zero-order valence-corrected chi connectivity index (χ0v) is 13.7. The summed E-state index contributed by atoms with van der Waals surface area (Å²) in [7, 11) is -1.65. The van der Waals surface area contributed by atoms with Crippen LogP contribution in [-0.4, -0.2) is 30.0 Å². The van der Waals surface area contributed by atoms with E-state index in [9.17, 15) is 19.1 Å². The highest BCUT2D eigenvalue weighted by atomic mass is 32.1. The molecule has 1 aromatic heterocycles. The van der Waals surface area contributed by atoms with Crippen molar-refractivity contribution in [1.29, 1.82) is 0 Å². The number of thiophene rings is 1. The maximum Gasteiger partial charge on any atom is 0.341 e. The van der Waals surface area contributed by atoms with E-state index in [1.807, 2.05) is 12.1 Å². The minimum absolute atomic E-state index is 0.130. The van der Waals surface area contributed by atoms with Crippen LogP contribution in [0.3, 0.4) is 0 Å². The molecule has 118 valence electrons. The van der Waals surface area contributed by atoms with E-state index in [-0.39, 0.29) is 5.57 Å². The van der Waals surface area contributed by atoms with Gasteiger partial charge in [-0.1, -0.05) is 18.2 Å². The highest BCUT2D eigenvalue weighted by molar-refractivity contribution is 7.51. The number of carbonyl (C=O) groups excluding carboxylic acids is 1. The van der Waals surface area contributed by atoms with Gasteiger partial charge in [0.15, 0.2) is 0 Å². The first kappa shape index (κ1) is 16.7. The molecule has 0 saturated heterocycles. The zero-order valence-electron chi connectivity index (χ0n) is 12.0. The van der Waals surface area contributed by atoms with E-state index in [1.165, 1.54) is 31.8 Å². The van der Waals surface area contributed by atoms with Gasteiger partial charge in [-0.15, -0.1) is 11.3 Å². The van der Waals surface area contributed by atoms with Crippen LogP contribution in [0.15, 0.2) is 30.5 Å². The molecule has 0 radical (unpaired) electrons. The normalized spacial score (nSPS) is 12.5. The minimum Gasteiger partial charge on any atom is -0.503 e. The summed E-state index contributed by atoms with van der Waals surface area (Å²) in [5.74, 6) is -0.627. The molecule has 0 saturated carbocycles. The third-order valence-electron chi connectivity index (χ3n) is 2.93. The summed E-state index contributed by atoms with van der Waals surface area (Å²) in [5.41, 5.74) is 0.573. The monoisotopic (exact) mass is 342 g/mol. The fourth-order valence-corrected chi connectivity index (χ4v) is 4.44. The Hall–Kier alpha value is -1.66. The molecule has 1 heterocycles. The van der Waals surface area contributed by atoms with E-state index in [2.05, 4.69) is 0 Å². The second kappa shape index (κ2) is 6.62. The van der Waals surface area contributed by atoms with Gasteiger partial charge in [-0.2, -0.15) is 0 Å². The maximum atomic E-state index is 12.0. The van der Waals surface area contributed by atoms with Gasteiger partial charge in [0.05, 0.1) is 26.6 Å². The first-order valence-corrected chi connectivity index (χ1v) is 8.85. The number of rotatable bonds is 5. The topological polar surface area (TPSA) is 93.1 Å². The van der Waals surface area contributed by atoms with Crippen LogP contribution in [-0.2, 0) is 25.0 Å². The van der Waals surface area contributed by atoms with E-state index < -0.39 is 19.7 Å². The summed E-state index contributed by atoms with van der Waals surface area (Å²) in [6, 6.07) is 7.23. The van der Waals surface area contributed by atoms with Crippen LogP contribution in [0.5, 0.6) is 0 Å². The van der Waals surface area contributed by atoms with Crippen molar-refractivity contribution in [2.24, 2.45) is 0 Å². The summed E-state index contributed by atoms with van der Waals surface area (Å²) in [4.78, 5) is 31.0. The standard InChI is InChI=1S/C14H15O6PS/c1-19-7-10(14(15)20-2)13-9-5-3-4-6-11(9)22-12(13)8-21(16,17)18/h3-7H,8H2,1-2H3,(H2,16,17,18). The van der Waals surface area contributed by atoms with Crippen molar-refractivity contribution in [3.8, 4) is 0 Å². The Morgan fingerprint density at radius 3 is 2.59 bits per heavy atom. The quantitative estimate of drug-likeness (QED) is 0.376. The van der Waals surface area contributed by atoms with Crippen molar-refractivity contribution in [2.45, 2.75) is 6.16 Å². The molecular weight excluding hydrogens is 327 g/mol.